The molecule has 1 saturated heterocycles. The Hall–Kier alpha value is -0.630. The lowest BCUT2D eigenvalue weighted by atomic mass is 9.95. The largest absolute Gasteiger partial charge is 0.383 e. The Balaban J connectivity index is 2.64. The molecule has 0 amide bonds. The van der Waals surface area contributed by atoms with Crippen molar-refractivity contribution in [2.75, 3.05) is 40.4 Å². The first kappa shape index (κ1) is 13.4. The fourth-order valence-corrected chi connectivity index (χ4v) is 2.19. The zero-order valence-corrected chi connectivity index (χ0v) is 10.9. The molecule has 4 nitrogen and oxygen atoms in total. The van der Waals surface area contributed by atoms with E-state index in [-0.39, 0.29) is 5.54 Å². The van der Waals surface area contributed by atoms with E-state index >= 15 is 0 Å². The van der Waals surface area contributed by atoms with Crippen LogP contribution in [0.2, 0.25) is 0 Å². The number of rotatable bonds is 4. The monoisotopic (exact) mass is 225 g/mol. The molecule has 0 saturated carbocycles. The summed E-state index contributed by atoms with van der Waals surface area (Å²) in [5.41, 5.74) is 0.180. The highest BCUT2D eigenvalue weighted by Crippen LogP contribution is 2.23. The Kier molecular flexibility index (Phi) is 4.72. The predicted molar refractivity (Wildman–Crippen MR) is 64.2 cm³/mol. The molecule has 0 bridgehead atoms. The van der Waals surface area contributed by atoms with Gasteiger partial charge < -0.3 is 4.74 Å². The molecule has 0 aromatic carbocycles. The zero-order chi connectivity index (χ0) is 12.2. The fraction of sp³-hybridized carbons (Fsp3) is 0.917. The molecule has 0 aromatic heterocycles. The molecule has 0 aliphatic carbocycles. The minimum absolute atomic E-state index is 0.180. The first-order valence-electron chi connectivity index (χ1n) is 5.82. The van der Waals surface area contributed by atoms with Crippen molar-refractivity contribution in [3.8, 4) is 6.07 Å². The second-order valence-corrected chi connectivity index (χ2v) is 5.17. The molecule has 0 N–H and O–H groups in total. The third-order valence-corrected chi connectivity index (χ3v) is 3.53. The number of hydrogen-bond acceptors (Lipinski definition) is 4. The van der Waals surface area contributed by atoms with E-state index in [2.05, 4.69) is 36.8 Å². The molecule has 4 heteroatoms. The Labute approximate surface area is 98.8 Å². The van der Waals surface area contributed by atoms with E-state index in [1.807, 2.05) is 0 Å². The minimum Gasteiger partial charge on any atom is -0.383 e. The molecule has 16 heavy (non-hydrogen) atoms. The standard InChI is InChI=1S/C12H23N3O/c1-12(2)10-15(7-8-16-4)11(5-6-13)9-14(12)3/h11H,5,7-10H2,1-4H3. The van der Waals surface area contributed by atoms with Crippen molar-refractivity contribution >= 4 is 0 Å². The van der Waals surface area contributed by atoms with Gasteiger partial charge in [0.05, 0.1) is 19.1 Å². The number of hydrogen-bond donors (Lipinski definition) is 0. The molecular formula is C12H23N3O. The summed E-state index contributed by atoms with van der Waals surface area (Å²) < 4.78 is 5.13. The van der Waals surface area contributed by atoms with Crippen LogP contribution in [0, 0.1) is 11.3 Å². The van der Waals surface area contributed by atoms with Crippen molar-refractivity contribution in [2.24, 2.45) is 0 Å². The van der Waals surface area contributed by atoms with Crippen LogP contribution in [0.4, 0.5) is 0 Å². The van der Waals surface area contributed by atoms with Crippen molar-refractivity contribution in [1.82, 2.24) is 9.80 Å². The van der Waals surface area contributed by atoms with Crippen molar-refractivity contribution in [1.29, 1.82) is 5.26 Å². The molecule has 1 unspecified atom stereocenters. The van der Waals surface area contributed by atoms with E-state index in [0.717, 1.165) is 26.2 Å². The molecule has 92 valence electrons. The van der Waals surface area contributed by atoms with Gasteiger partial charge in [-0.2, -0.15) is 5.26 Å². The molecule has 1 heterocycles. The summed E-state index contributed by atoms with van der Waals surface area (Å²) in [4.78, 5) is 4.73. The van der Waals surface area contributed by atoms with Crippen molar-refractivity contribution in [2.45, 2.75) is 31.8 Å². The highest BCUT2D eigenvalue weighted by atomic mass is 16.5. The third-order valence-electron chi connectivity index (χ3n) is 3.53. The number of ether oxygens (including phenoxy) is 1. The fourth-order valence-electron chi connectivity index (χ4n) is 2.19. The lowest BCUT2D eigenvalue weighted by Crippen LogP contribution is -2.62. The van der Waals surface area contributed by atoms with Gasteiger partial charge in [-0.05, 0) is 20.9 Å². The Bertz CT molecular complexity index is 259. The highest BCUT2D eigenvalue weighted by Gasteiger charge is 2.36. The van der Waals surface area contributed by atoms with E-state index in [1.54, 1.807) is 7.11 Å². The topological polar surface area (TPSA) is 39.5 Å². The van der Waals surface area contributed by atoms with Gasteiger partial charge in [0, 0.05) is 38.3 Å². The average Bonchev–Trinajstić information content (AvgIpc) is 2.21. The van der Waals surface area contributed by atoms with Gasteiger partial charge in [0.25, 0.3) is 0 Å². The molecule has 0 spiro atoms. The van der Waals surface area contributed by atoms with Crippen LogP contribution in [0.3, 0.4) is 0 Å². The van der Waals surface area contributed by atoms with E-state index in [4.69, 9.17) is 10.00 Å². The first-order valence-corrected chi connectivity index (χ1v) is 5.82. The van der Waals surface area contributed by atoms with Crippen LogP contribution in [0.15, 0.2) is 0 Å². The van der Waals surface area contributed by atoms with Crippen LogP contribution >= 0.6 is 0 Å². The SMILES string of the molecule is COCCN1CC(C)(C)N(C)CC1CC#N. The van der Waals surface area contributed by atoms with Crippen molar-refractivity contribution in [3.63, 3.8) is 0 Å². The van der Waals surface area contributed by atoms with Crippen LogP contribution in [0.1, 0.15) is 20.3 Å². The van der Waals surface area contributed by atoms with Gasteiger partial charge in [-0.1, -0.05) is 0 Å². The van der Waals surface area contributed by atoms with Crippen molar-refractivity contribution < 1.29 is 4.74 Å². The van der Waals surface area contributed by atoms with Gasteiger partial charge in [-0.15, -0.1) is 0 Å². The summed E-state index contributed by atoms with van der Waals surface area (Å²) in [7, 11) is 3.86. The van der Waals surface area contributed by atoms with Crippen LogP contribution < -0.4 is 0 Å². The maximum atomic E-state index is 8.85. The molecule has 1 rings (SSSR count). The molecule has 0 radical (unpaired) electrons. The van der Waals surface area contributed by atoms with Crippen LogP contribution in [-0.4, -0.2) is 61.8 Å². The van der Waals surface area contributed by atoms with Crippen LogP contribution in [0.25, 0.3) is 0 Å². The number of piperazine rings is 1. The highest BCUT2D eigenvalue weighted by molar-refractivity contribution is 4.96. The van der Waals surface area contributed by atoms with Crippen LogP contribution in [-0.2, 0) is 4.74 Å². The molecular weight excluding hydrogens is 202 g/mol. The lowest BCUT2D eigenvalue weighted by Gasteiger charge is -2.49. The van der Waals surface area contributed by atoms with Gasteiger partial charge in [0.2, 0.25) is 0 Å². The quantitative estimate of drug-likeness (QED) is 0.714. The van der Waals surface area contributed by atoms with Gasteiger partial charge in [0.15, 0.2) is 0 Å². The Morgan fingerprint density at radius 2 is 2.19 bits per heavy atom. The van der Waals surface area contributed by atoms with E-state index in [0.29, 0.717) is 12.5 Å². The van der Waals surface area contributed by atoms with Crippen LogP contribution in [0.5, 0.6) is 0 Å². The second kappa shape index (κ2) is 5.62. The van der Waals surface area contributed by atoms with E-state index < -0.39 is 0 Å². The van der Waals surface area contributed by atoms with E-state index in [9.17, 15) is 0 Å². The zero-order valence-electron chi connectivity index (χ0n) is 10.9. The molecule has 1 aliphatic rings. The molecule has 0 aromatic rings. The van der Waals surface area contributed by atoms with Gasteiger partial charge in [0.1, 0.15) is 0 Å². The third kappa shape index (κ3) is 3.18. The predicted octanol–water partition coefficient (Wildman–Crippen LogP) is 0.941. The summed E-state index contributed by atoms with van der Waals surface area (Å²) in [6, 6.07) is 2.63. The first-order chi connectivity index (χ1) is 7.51. The summed E-state index contributed by atoms with van der Waals surface area (Å²) in [6.45, 7) is 8.11. The number of nitrogens with zero attached hydrogens (tertiary/aromatic N) is 3. The summed E-state index contributed by atoms with van der Waals surface area (Å²) >= 11 is 0. The molecule has 1 fully saturated rings. The summed E-state index contributed by atoms with van der Waals surface area (Å²) in [5.74, 6) is 0. The Morgan fingerprint density at radius 3 is 2.75 bits per heavy atom. The molecule has 1 aliphatic heterocycles. The second-order valence-electron chi connectivity index (χ2n) is 5.17. The summed E-state index contributed by atoms with van der Waals surface area (Å²) in [5, 5.41) is 8.85. The van der Waals surface area contributed by atoms with Gasteiger partial charge >= 0.3 is 0 Å². The molecule has 1 atom stereocenters. The normalized spacial score (nSPS) is 26.6. The van der Waals surface area contributed by atoms with Gasteiger partial charge in [-0.25, -0.2) is 0 Å². The maximum Gasteiger partial charge on any atom is 0.0638 e. The van der Waals surface area contributed by atoms with E-state index in [1.165, 1.54) is 0 Å². The number of nitriles is 1. The average molecular weight is 225 g/mol. The minimum atomic E-state index is 0.180. The van der Waals surface area contributed by atoms with Crippen molar-refractivity contribution in [3.05, 3.63) is 0 Å². The summed E-state index contributed by atoms with van der Waals surface area (Å²) in [6.07, 6.45) is 0.601. The van der Waals surface area contributed by atoms with Gasteiger partial charge in [-0.3, -0.25) is 9.80 Å². The maximum absolute atomic E-state index is 8.85. The lowest BCUT2D eigenvalue weighted by molar-refractivity contribution is -0.0101. The smallest absolute Gasteiger partial charge is 0.0638 e. The number of methoxy groups -OCH3 is 1. The number of likely N-dealkylation sites (N-methyl/N-ethyl adjacent to an activating group) is 1. The Morgan fingerprint density at radius 1 is 1.50 bits per heavy atom.